The maximum atomic E-state index is 11.0. The Bertz CT molecular complexity index is 299. The van der Waals surface area contributed by atoms with Gasteiger partial charge in [0.25, 0.3) is 0 Å². The Hall–Kier alpha value is -1.12. The zero-order valence-electron chi connectivity index (χ0n) is 7.26. The molecule has 0 saturated heterocycles. The number of hydrogen-bond acceptors (Lipinski definition) is 2. The molecule has 1 heterocycles. The van der Waals surface area contributed by atoms with Crippen LogP contribution in [0.5, 0.6) is 0 Å². The average Bonchev–Trinajstić information content (AvgIpc) is 2.07. The van der Waals surface area contributed by atoms with Crippen molar-refractivity contribution in [2.24, 2.45) is 7.05 Å². The van der Waals surface area contributed by atoms with Crippen LogP contribution in [0.2, 0.25) is 0 Å². The van der Waals surface area contributed by atoms with Gasteiger partial charge in [-0.2, -0.15) is 0 Å². The molecule has 11 heavy (non-hydrogen) atoms. The number of nitrogens with zero attached hydrogens (tertiary/aromatic N) is 1. The van der Waals surface area contributed by atoms with E-state index in [0.717, 1.165) is 5.69 Å². The number of Topliss-reactive ketones (excluding diaryl/α,β-unsaturated/α-hetero) is 1. The predicted molar refractivity (Wildman–Crippen MR) is 39.4 cm³/mol. The molecule has 0 aliphatic heterocycles. The molecule has 60 valence electrons. The van der Waals surface area contributed by atoms with Crippen molar-refractivity contribution in [1.29, 1.82) is 0 Å². The highest BCUT2D eigenvalue weighted by molar-refractivity contribution is 5.95. The number of rotatable bonds is 1. The van der Waals surface area contributed by atoms with Gasteiger partial charge in [-0.3, -0.25) is 4.79 Å². The maximum Gasteiger partial charge on any atom is 0.239 e. The lowest BCUT2D eigenvalue weighted by atomic mass is 10.1. The standard InChI is InChI=1S/C8H12NO2/c1-5-8(6(2)10)7(3)11-9(5)4/h1-4H3/q+1. The van der Waals surface area contributed by atoms with E-state index in [1.165, 1.54) is 0 Å². The Morgan fingerprint density at radius 3 is 2.18 bits per heavy atom. The minimum absolute atomic E-state index is 0.0596. The van der Waals surface area contributed by atoms with Crippen LogP contribution in [0.4, 0.5) is 0 Å². The summed E-state index contributed by atoms with van der Waals surface area (Å²) < 4.78 is 6.81. The number of aryl methyl sites for hydroxylation is 2. The molecular formula is C8H12NO2+. The summed E-state index contributed by atoms with van der Waals surface area (Å²) in [6.07, 6.45) is 0. The number of carbonyl (C=O) groups excluding carboxylic acids is 1. The largest absolute Gasteiger partial charge is 0.294 e. The predicted octanol–water partition coefficient (Wildman–Crippen LogP) is 0.924. The summed E-state index contributed by atoms with van der Waals surface area (Å²) in [7, 11) is 1.79. The van der Waals surface area contributed by atoms with Crippen molar-refractivity contribution in [2.45, 2.75) is 20.8 Å². The fourth-order valence-electron chi connectivity index (χ4n) is 1.23. The molecule has 0 bridgehead atoms. The molecule has 0 radical (unpaired) electrons. The molecule has 1 aromatic heterocycles. The van der Waals surface area contributed by atoms with Crippen molar-refractivity contribution < 1.29 is 14.1 Å². The molecule has 1 rings (SSSR count). The van der Waals surface area contributed by atoms with Crippen molar-refractivity contribution in [3.05, 3.63) is 17.0 Å². The molecule has 0 amide bonds. The molecule has 0 aliphatic carbocycles. The zero-order chi connectivity index (χ0) is 8.59. The minimum atomic E-state index is 0.0596. The van der Waals surface area contributed by atoms with Crippen LogP contribution in [0.3, 0.4) is 0 Å². The second-order valence-corrected chi connectivity index (χ2v) is 2.66. The quantitative estimate of drug-likeness (QED) is 0.445. The number of ketones is 1. The monoisotopic (exact) mass is 154 g/mol. The Morgan fingerprint density at radius 2 is 2.00 bits per heavy atom. The maximum absolute atomic E-state index is 11.0. The lowest BCUT2D eigenvalue weighted by molar-refractivity contribution is -0.850. The fourth-order valence-corrected chi connectivity index (χ4v) is 1.23. The first kappa shape index (κ1) is 7.98. The topological polar surface area (TPSA) is 34.1 Å². The molecule has 3 nitrogen and oxygen atoms in total. The summed E-state index contributed by atoms with van der Waals surface area (Å²) in [6, 6.07) is 0. The van der Waals surface area contributed by atoms with Gasteiger partial charge in [0.1, 0.15) is 5.56 Å². The third kappa shape index (κ3) is 1.18. The molecule has 0 spiro atoms. The first-order chi connectivity index (χ1) is 5.04. The highest BCUT2D eigenvalue weighted by Gasteiger charge is 2.21. The van der Waals surface area contributed by atoms with Gasteiger partial charge in [0.15, 0.2) is 18.6 Å². The molecule has 0 atom stereocenters. The van der Waals surface area contributed by atoms with Crippen LogP contribution in [-0.2, 0) is 7.05 Å². The Labute approximate surface area is 65.6 Å². The molecular weight excluding hydrogens is 142 g/mol. The first-order valence-corrected chi connectivity index (χ1v) is 3.51. The van der Waals surface area contributed by atoms with Crippen molar-refractivity contribution in [1.82, 2.24) is 0 Å². The third-order valence-electron chi connectivity index (χ3n) is 1.81. The molecule has 0 N–H and O–H groups in total. The third-order valence-corrected chi connectivity index (χ3v) is 1.81. The molecule has 0 unspecified atom stereocenters. The van der Waals surface area contributed by atoms with E-state index in [9.17, 15) is 4.79 Å². The van der Waals surface area contributed by atoms with Crippen molar-refractivity contribution in [3.63, 3.8) is 0 Å². The molecule has 0 aliphatic rings. The van der Waals surface area contributed by atoms with Crippen LogP contribution in [0, 0.1) is 13.8 Å². The van der Waals surface area contributed by atoms with E-state index in [1.807, 2.05) is 6.92 Å². The molecule has 3 heteroatoms. The van der Waals surface area contributed by atoms with Gasteiger partial charge in [-0.15, -0.1) is 0 Å². The van der Waals surface area contributed by atoms with E-state index in [4.69, 9.17) is 4.52 Å². The molecule has 0 fully saturated rings. The van der Waals surface area contributed by atoms with Crippen LogP contribution in [0.1, 0.15) is 28.7 Å². The van der Waals surface area contributed by atoms with Gasteiger partial charge in [0.05, 0.1) is 0 Å². The summed E-state index contributed by atoms with van der Waals surface area (Å²) in [5, 5.41) is 0. The van der Waals surface area contributed by atoms with Crippen LogP contribution in [0.25, 0.3) is 0 Å². The van der Waals surface area contributed by atoms with Crippen molar-refractivity contribution >= 4 is 5.78 Å². The van der Waals surface area contributed by atoms with Crippen molar-refractivity contribution in [3.8, 4) is 0 Å². The normalized spacial score (nSPS) is 10.2. The summed E-state index contributed by atoms with van der Waals surface area (Å²) in [5.41, 5.74) is 1.59. The highest BCUT2D eigenvalue weighted by atomic mass is 16.5. The molecule has 0 saturated carbocycles. The summed E-state index contributed by atoms with van der Waals surface area (Å²) in [4.78, 5) is 11.0. The van der Waals surface area contributed by atoms with Crippen LogP contribution < -0.4 is 4.74 Å². The van der Waals surface area contributed by atoms with E-state index in [2.05, 4.69) is 0 Å². The van der Waals surface area contributed by atoms with Gasteiger partial charge < -0.3 is 0 Å². The van der Waals surface area contributed by atoms with Crippen LogP contribution in [0.15, 0.2) is 4.52 Å². The van der Waals surface area contributed by atoms with Gasteiger partial charge in [-0.25, -0.2) is 4.52 Å². The van der Waals surface area contributed by atoms with Crippen LogP contribution in [-0.4, -0.2) is 5.78 Å². The number of hydrogen-bond donors (Lipinski definition) is 0. The smallest absolute Gasteiger partial charge is 0.239 e. The van der Waals surface area contributed by atoms with Gasteiger partial charge in [-0.05, 0) is 11.7 Å². The van der Waals surface area contributed by atoms with E-state index in [0.29, 0.717) is 11.3 Å². The van der Waals surface area contributed by atoms with E-state index < -0.39 is 0 Å². The summed E-state index contributed by atoms with van der Waals surface area (Å²) in [6.45, 7) is 5.21. The lowest BCUT2D eigenvalue weighted by Crippen LogP contribution is -2.28. The highest BCUT2D eigenvalue weighted by Crippen LogP contribution is 2.10. The minimum Gasteiger partial charge on any atom is -0.294 e. The first-order valence-electron chi connectivity index (χ1n) is 3.51. The average molecular weight is 154 g/mol. The van der Waals surface area contributed by atoms with Gasteiger partial charge in [0, 0.05) is 13.8 Å². The number of carbonyl (C=O) groups is 1. The fraction of sp³-hybridized carbons (Fsp3) is 0.500. The number of aromatic nitrogens is 1. The summed E-state index contributed by atoms with van der Waals surface area (Å²) >= 11 is 0. The SMILES string of the molecule is CC(=O)c1c(C)o[n+](C)c1C. The second kappa shape index (κ2) is 2.49. The summed E-state index contributed by atoms with van der Waals surface area (Å²) in [5.74, 6) is 0.752. The molecule has 1 aromatic rings. The van der Waals surface area contributed by atoms with Crippen molar-refractivity contribution in [2.75, 3.05) is 0 Å². The second-order valence-electron chi connectivity index (χ2n) is 2.66. The van der Waals surface area contributed by atoms with E-state index in [1.54, 1.807) is 25.6 Å². The van der Waals surface area contributed by atoms with E-state index >= 15 is 0 Å². The molecule has 0 aromatic carbocycles. The van der Waals surface area contributed by atoms with Gasteiger partial charge >= 0.3 is 0 Å². The van der Waals surface area contributed by atoms with Gasteiger partial charge in [0.2, 0.25) is 5.69 Å². The Morgan fingerprint density at radius 1 is 1.45 bits per heavy atom. The lowest BCUT2D eigenvalue weighted by Gasteiger charge is -1.84. The van der Waals surface area contributed by atoms with Gasteiger partial charge in [-0.1, -0.05) is 0 Å². The van der Waals surface area contributed by atoms with Crippen LogP contribution >= 0.6 is 0 Å². The Balaban J connectivity index is 3.34. The Kier molecular flexibility index (Phi) is 1.81. The van der Waals surface area contributed by atoms with E-state index in [-0.39, 0.29) is 5.78 Å². The zero-order valence-corrected chi connectivity index (χ0v) is 7.26.